The van der Waals surface area contributed by atoms with Gasteiger partial charge in [0.15, 0.2) is 0 Å². The molecule has 4 atom stereocenters. The summed E-state index contributed by atoms with van der Waals surface area (Å²) in [5, 5.41) is 0.512. The molecule has 0 aromatic heterocycles. The van der Waals surface area contributed by atoms with Crippen LogP contribution in [0.4, 0.5) is 4.79 Å². The number of carbonyl (C=O) groups excluding carboxylic acids is 3. The minimum absolute atomic E-state index is 0.00132. The van der Waals surface area contributed by atoms with Crippen molar-refractivity contribution < 1.29 is 28.7 Å². The third-order valence-corrected chi connectivity index (χ3v) is 4.24. The molecule has 0 aliphatic carbocycles. The van der Waals surface area contributed by atoms with Gasteiger partial charge in [-0.3, -0.25) is 14.4 Å². The average molecular weight is 315 g/mol. The number of hydrogen-bond donors (Lipinski definition) is 0. The van der Waals surface area contributed by atoms with Crippen molar-refractivity contribution in [3.8, 4) is 0 Å². The van der Waals surface area contributed by atoms with Crippen LogP contribution in [0.1, 0.15) is 5.56 Å². The van der Waals surface area contributed by atoms with Crippen molar-refractivity contribution in [3.05, 3.63) is 48.0 Å². The quantitative estimate of drug-likeness (QED) is 0.473. The Morgan fingerprint density at radius 2 is 1.65 bits per heavy atom. The summed E-state index contributed by atoms with van der Waals surface area (Å²) in [5.74, 6) is -2.35. The molecule has 0 radical (unpaired) electrons. The van der Waals surface area contributed by atoms with Crippen LogP contribution in [-0.4, -0.2) is 35.2 Å². The minimum Gasteiger partial charge on any atom is -0.428 e. The number of rotatable bonds is 3. The highest BCUT2D eigenvalue weighted by atomic mass is 16.8. The molecule has 2 bridgehead atoms. The average Bonchev–Trinajstić information content (AvgIpc) is 3.24. The Bertz CT molecular complexity index is 670. The molecule has 3 aliphatic heterocycles. The number of imide groups is 1. The fraction of sp³-hybridized carbons (Fsp3) is 0.312. The van der Waals surface area contributed by atoms with Gasteiger partial charge in [0.25, 0.3) is 11.8 Å². The molecule has 2 fully saturated rings. The van der Waals surface area contributed by atoms with Crippen LogP contribution in [0.3, 0.4) is 0 Å². The Labute approximate surface area is 131 Å². The Morgan fingerprint density at radius 1 is 1.04 bits per heavy atom. The standard InChI is InChI=1S/C16H13NO6/c18-14-12-10-6-7-11(22-10)13(12)15(19)17(14)23-16(20)21-8-9-4-2-1-3-5-9/h1-7,10-13H,8H2. The predicted molar refractivity (Wildman–Crippen MR) is 74.3 cm³/mol. The summed E-state index contributed by atoms with van der Waals surface area (Å²) in [4.78, 5) is 41.0. The van der Waals surface area contributed by atoms with Gasteiger partial charge in [-0.15, -0.1) is 0 Å². The number of nitrogens with zero attached hydrogens (tertiary/aromatic N) is 1. The molecule has 23 heavy (non-hydrogen) atoms. The number of hydroxylamine groups is 2. The molecule has 0 spiro atoms. The minimum atomic E-state index is -1.09. The molecule has 3 heterocycles. The van der Waals surface area contributed by atoms with Gasteiger partial charge < -0.3 is 9.47 Å². The summed E-state index contributed by atoms with van der Waals surface area (Å²) in [7, 11) is 0. The normalized spacial score (nSPS) is 30.7. The van der Waals surface area contributed by atoms with Crippen molar-refractivity contribution in [2.45, 2.75) is 18.8 Å². The fourth-order valence-corrected chi connectivity index (χ4v) is 3.18. The van der Waals surface area contributed by atoms with E-state index in [1.807, 2.05) is 18.2 Å². The number of amides is 2. The molecule has 1 aromatic rings. The summed E-state index contributed by atoms with van der Waals surface area (Å²) in [5.41, 5.74) is 0.774. The molecule has 3 aliphatic rings. The van der Waals surface area contributed by atoms with E-state index in [0.717, 1.165) is 5.56 Å². The van der Waals surface area contributed by atoms with Gasteiger partial charge in [0, 0.05) is 0 Å². The Balaban J connectivity index is 1.39. The summed E-state index contributed by atoms with van der Waals surface area (Å²) in [6, 6.07) is 9.02. The summed E-state index contributed by atoms with van der Waals surface area (Å²) >= 11 is 0. The highest BCUT2D eigenvalue weighted by Crippen LogP contribution is 2.45. The van der Waals surface area contributed by atoms with Crippen LogP contribution in [0.15, 0.2) is 42.5 Å². The second kappa shape index (κ2) is 5.20. The lowest BCUT2D eigenvalue weighted by Crippen LogP contribution is -2.36. The van der Waals surface area contributed by atoms with Gasteiger partial charge in [-0.25, -0.2) is 4.79 Å². The van der Waals surface area contributed by atoms with E-state index in [1.165, 1.54) is 0 Å². The van der Waals surface area contributed by atoms with E-state index in [1.54, 1.807) is 24.3 Å². The second-order valence-corrected chi connectivity index (χ2v) is 5.59. The fourth-order valence-electron chi connectivity index (χ4n) is 3.18. The van der Waals surface area contributed by atoms with E-state index in [2.05, 4.69) is 0 Å². The predicted octanol–water partition coefficient (Wildman–Crippen LogP) is 1.19. The highest BCUT2D eigenvalue weighted by molar-refractivity contribution is 6.06. The smallest absolute Gasteiger partial charge is 0.428 e. The molecule has 7 heteroatoms. The maximum atomic E-state index is 12.3. The lowest BCUT2D eigenvalue weighted by atomic mass is 9.85. The van der Waals surface area contributed by atoms with Crippen molar-refractivity contribution in [1.29, 1.82) is 0 Å². The van der Waals surface area contributed by atoms with Crippen LogP contribution in [0.25, 0.3) is 0 Å². The molecule has 7 nitrogen and oxygen atoms in total. The van der Waals surface area contributed by atoms with Crippen molar-refractivity contribution in [2.75, 3.05) is 0 Å². The molecular formula is C16H13NO6. The first-order valence-electron chi connectivity index (χ1n) is 7.25. The van der Waals surface area contributed by atoms with E-state index in [0.29, 0.717) is 5.06 Å². The lowest BCUT2D eigenvalue weighted by molar-refractivity contribution is -0.181. The largest absolute Gasteiger partial charge is 0.534 e. The molecule has 0 N–H and O–H groups in total. The van der Waals surface area contributed by atoms with Crippen LogP contribution in [0.5, 0.6) is 0 Å². The molecule has 0 saturated carbocycles. The van der Waals surface area contributed by atoms with Gasteiger partial charge in [-0.05, 0) is 5.56 Å². The van der Waals surface area contributed by atoms with E-state index in [4.69, 9.17) is 14.3 Å². The van der Waals surface area contributed by atoms with Crippen molar-refractivity contribution in [1.82, 2.24) is 5.06 Å². The Kier molecular flexibility index (Phi) is 3.16. The molecule has 2 saturated heterocycles. The van der Waals surface area contributed by atoms with Gasteiger partial charge in [0.05, 0.1) is 24.0 Å². The van der Waals surface area contributed by atoms with Gasteiger partial charge in [0.1, 0.15) is 6.61 Å². The van der Waals surface area contributed by atoms with E-state index < -0.39 is 42.0 Å². The third kappa shape index (κ3) is 2.20. The zero-order valence-corrected chi connectivity index (χ0v) is 12.0. The second-order valence-electron chi connectivity index (χ2n) is 5.59. The summed E-state index contributed by atoms with van der Waals surface area (Å²) in [6.45, 7) is -0.00132. The molecule has 1 aromatic carbocycles. The Morgan fingerprint density at radius 3 is 2.26 bits per heavy atom. The number of hydrogen-bond acceptors (Lipinski definition) is 6. The maximum absolute atomic E-state index is 12.3. The molecule has 4 unspecified atom stereocenters. The first-order valence-corrected chi connectivity index (χ1v) is 7.25. The first-order chi connectivity index (χ1) is 11.1. The number of fused-ring (bicyclic) bond motifs is 5. The number of benzene rings is 1. The van der Waals surface area contributed by atoms with Crippen molar-refractivity contribution in [2.24, 2.45) is 11.8 Å². The Hall–Kier alpha value is -2.67. The molecule has 2 amide bonds. The zero-order valence-electron chi connectivity index (χ0n) is 12.0. The molecule has 118 valence electrons. The van der Waals surface area contributed by atoms with E-state index in [-0.39, 0.29) is 6.61 Å². The zero-order chi connectivity index (χ0) is 16.0. The van der Waals surface area contributed by atoms with Crippen LogP contribution >= 0.6 is 0 Å². The SMILES string of the molecule is O=C(OCc1ccccc1)ON1C(=O)C2C3C=CC(O3)C2C1=O. The number of ether oxygens (including phenoxy) is 2. The third-order valence-electron chi connectivity index (χ3n) is 4.24. The maximum Gasteiger partial charge on any atom is 0.534 e. The lowest BCUT2D eigenvalue weighted by Gasteiger charge is -2.15. The molecular weight excluding hydrogens is 302 g/mol. The van der Waals surface area contributed by atoms with Crippen molar-refractivity contribution in [3.63, 3.8) is 0 Å². The topological polar surface area (TPSA) is 82.1 Å². The first kappa shape index (κ1) is 14.0. The van der Waals surface area contributed by atoms with Crippen molar-refractivity contribution >= 4 is 18.0 Å². The van der Waals surface area contributed by atoms with E-state index in [9.17, 15) is 14.4 Å². The molecule has 4 rings (SSSR count). The van der Waals surface area contributed by atoms with Gasteiger partial charge in [-0.2, -0.15) is 0 Å². The van der Waals surface area contributed by atoms with E-state index >= 15 is 0 Å². The summed E-state index contributed by atoms with van der Waals surface area (Å²) < 4.78 is 10.4. The summed E-state index contributed by atoms with van der Waals surface area (Å²) in [6.07, 6.45) is 1.59. The van der Waals surface area contributed by atoms with Gasteiger partial charge in [-0.1, -0.05) is 47.5 Å². The highest BCUT2D eigenvalue weighted by Gasteiger charge is 2.62. The van der Waals surface area contributed by atoms with Crippen LogP contribution in [0, 0.1) is 11.8 Å². The van der Waals surface area contributed by atoms with Crippen LogP contribution in [-0.2, 0) is 30.5 Å². The van der Waals surface area contributed by atoms with Crippen LogP contribution in [0.2, 0.25) is 0 Å². The van der Waals surface area contributed by atoms with Gasteiger partial charge in [0.2, 0.25) is 0 Å². The van der Waals surface area contributed by atoms with Gasteiger partial charge >= 0.3 is 6.16 Å². The van der Waals surface area contributed by atoms with Crippen LogP contribution < -0.4 is 0 Å². The monoisotopic (exact) mass is 315 g/mol. The number of carbonyl (C=O) groups is 3.